The summed E-state index contributed by atoms with van der Waals surface area (Å²) in [5.74, 6) is -1.27. The summed E-state index contributed by atoms with van der Waals surface area (Å²) < 4.78 is 15.5. The molecule has 190 valence electrons. The highest BCUT2D eigenvalue weighted by Gasteiger charge is 2.47. The molecule has 8 nitrogen and oxygen atoms in total. The van der Waals surface area contributed by atoms with Crippen LogP contribution in [0.3, 0.4) is 0 Å². The minimum absolute atomic E-state index is 0.0528. The van der Waals surface area contributed by atoms with Gasteiger partial charge in [0.2, 0.25) is 0 Å². The maximum Gasteiger partial charge on any atom is 0.337 e. The number of amides is 1. The molecule has 0 bridgehead atoms. The van der Waals surface area contributed by atoms with Crippen LogP contribution in [-0.4, -0.2) is 44.1 Å². The van der Waals surface area contributed by atoms with Crippen molar-refractivity contribution >= 4 is 29.1 Å². The average molecular weight is 502 g/mol. The van der Waals surface area contributed by atoms with Gasteiger partial charge in [0.05, 0.1) is 38.5 Å². The van der Waals surface area contributed by atoms with Crippen LogP contribution in [0.4, 0.5) is 5.69 Å². The van der Waals surface area contributed by atoms with Crippen LogP contribution in [-0.2, 0) is 14.3 Å². The van der Waals surface area contributed by atoms with Gasteiger partial charge in [-0.05, 0) is 79.1 Å². The Labute approximate surface area is 214 Å². The van der Waals surface area contributed by atoms with Gasteiger partial charge in [-0.15, -0.1) is 0 Å². The molecule has 3 aromatic rings. The predicted octanol–water partition coefficient (Wildman–Crippen LogP) is 4.73. The standard InChI is InChI=1S/C29H27NO7/c1-16-14-23(36-4)17(2)13-22(16)26(31)24-25(19-7-6-8-21(15-19)35-3)30(28(33)27(24)32)20-11-9-18(10-12-20)29(34)37-5/h6-15,25,31H,1-5H3/b26-24+. The maximum absolute atomic E-state index is 13.4. The summed E-state index contributed by atoms with van der Waals surface area (Å²) >= 11 is 0. The molecule has 4 rings (SSSR count). The monoisotopic (exact) mass is 501 g/mol. The molecule has 37 heavy (non-hydrogen) atoms. The maximum atomic E-state index is 13.4. The lowest BCUT2D eigenvalue weighted by Gasteiger charge is -2.26. The van der Waals surface area contributed by atoms with E-state index in [4.69, 9.17) is 14.2 Å². The minimum Gasteiger partial charge on any atom is -0.507 e. The number of esters is 1. The first-order chi connectivity index (χ1) is 17.7. The highest BCUT2D eigenvalue weighted by molar-refractivity contribution is 6.51. The number of carbonyl (C=O) groups is 3. The van der Waals surface area contributed by atoms with Gasteiger partial charge in [0.15, 0.2) is 0 Å². The molecular formula is C29H27NO7. The number of aliphatic hydroxyl groups excluding tert-OH is 1. The first-order valence-electron chi connectivity index (χ1n) is 11.5. The van der Waals surface area contributed by atoms with Gasteiger partial charge in [0, 0.05) is 11.3 Å². The summed E-state index contributed by atoms with van der Waals surface area (Å²) in [5, 5.41) is 11.5. The number of aryl methyl sites for hydroxylation is 2. The average Bonchev–Trinajstić information content (AvgIpc) is 3.19. The zero-order chi connectivity index (χ0) is 26.9. The Morgan fingerprint density at radius 3 is 2.22 bits per heavy atom. The van der Waals surface area contributed by atoms with Gasteiger partial charge in [-0.2, -0.15) is 0 Å². The number of methoxy groups -OCH3 is 3. The molecule has 0 aromatic heterocycles. The van der Waals surface area contributed by atoms with Crippen molar-refractivity contribution in [1.29, 1.82) is 0 Å². The number of ketones is 1. The summed E-state index contributed by atoms with van der Waals surface area (Å²) in [6.45, 7) is 3.62. The molecule has 1 aliphatic rings. The van der Waals surface area contributed by atoms with E-state index in [1.807, 2.05) is 6.92 Å². The highest BCUT2D eigenvalue weighted by atomic mass is 16.5. The van der Waals surface area contributed by atoms with Crippen molar-refractivity contribution in [3.8, 4) is 11.5 Å². The number of ether oxygens (including phenoxy) is 3. The zero-order valence-electron chi connectivity index (χ0n) is 21.2. The molecule has 1 aliphatic heterocycles. The summed E-state index contributed by atoms with van der Waals surface area (Å²) in [7, 11) is 4.35. The van der Waals surface area contributed by atoms with Crippen LogP contribution >= 0.6 is 0 Å². The largest absolute Gasteiger partial charge is 0.507 e. The number of aliphatic hydroxyl groups is 1. The highest BCUT2D eigenvalue weighted by Crippen LogP contribution is 2.43. The zero-order valence-corrected chi connectivity index (χ0v) is 21.2. The Bertz CT molecular complexity index is 1420. The predicted molar refractivity (Wildman–Crippen MR) is 138 cm³/mol. The second-order valence-electron chi connectivity index (χ2n) is 8.62. The van der Waals surface area contributed by atoms with Gasteiger partial charge in [-0.3, -0.25) is 14.5 Å². The first kappa shape index (κ1) is 25.5. The second kappa shape index (κ2) is 10.2. The van der Waals surface area contributed by atoms with E-state index in [0.717, 1.165) is 5.56 Å². The quantitative estimate of drug-likeness (QED) is 0.225. The van der Waals surface area contributed by atoms with Crippen molar-refractivity contribution in [1.82, 2.24) is 0 Å². The van der Waals surface area contributed by atoms with E-state index in [9.17, 15) is 19.5 Å². The number of anilines is 1. The van der Waals surface area contributed by atoms with Crippen LogP contribution in [0, 0.1) is 13.8 Å². The Morgan fingerprint density at radius 1 is 0.892 bits per heavy atom. The van der Waals surface area contributed by atoms with Crippen LogP contribution in [0.2, 0.25) is 0 Å². The van der Waals surface area contributed by atoms with E-state index in [1.165, 1.54) is 31.3 Å². The fourth-order valence-electron chi connectivity index (χ4n) is 4.51. The third-order valence-corrected chi connectivity index (χ3v) is 6.42. The topological polar surface area (TPSA) is 102 Å². The molecular weight excluding hydrogens is 474 g/mol. The molecule has 1 atom stereocenters. The van der Waals surface area contributed by atoms with Crippen molar-refractivity contribution in [3.63, 3.8) is 0 Å². The fourth-order valence-corrected chi connectivity index (χ4v) is 4.51. The van der Waals surface area contributed by atoms with Crippen LogP contribution in [0.15, 0.2) is 66.2 Å². The van der Waals surface area contributed by atoms with E-state index in [-0.39, 0.29) is 11.3 Å². The molecule has 1 fully saturated rings. The number of carbonyl (C=O) groups excluding carboxylic acids is 3. The van der Waals surface area contributed by atoms with E-state index in [0.29, 0.717) is 39.4 Å². The van der Waals surface area contributed by atoms with Gasteiger partial charge in [-0.1, -0.05) is 12.1 Å². The van der Waals surface area contributed by atoms with E-state index >= 15 is 0 Å². The second-order valence-corrected chi connectivity index (χ2v) is 8.62. The third kappa shape index (κ3) is 4.53. The molecule has 1 amide bonds. The molecule has 3 aromatic carbocycles. The van der Waals surface area contributed by atoms with E-state index in [2.05, 4.69) is 0 Å². The van der Waals surface area contributed by atoms with Crippen LogP contribution < -0.4 is 14.4 Å². The Kier molecular flexibility index (Phi) is 7.02. The Morgan fingerprint density at radius 2 is 1.59 bits per heavy atom. The number of Topliss-reactive ketones (excluding diaryl/α,β-unsaturated/α-hetero) is 1. The summed E-state index contributed by atoms with van der Waals surface area (Å²) in [5.41, 5.74) is 3.06. The fraction of sp³-hybridized carbons (Fsp3) is 0.207. The summed E-state index contributed by atoms with van der Waals surface area (Å²) in [6, 6.07) is 15.7. The van der Waals surface area contributed by atoms with Gasteiger partial charge >= 0.3 is 5.97 Å². The Hall–Kier alpha value is -4.59. The molecule has 1 saturated heterocycles. The first-order valence-corrected chi connectivity index (χ1v) is 11.5. The molecule has 0 aliphatic carbocycles. The molecule has 1 N–H and O–H groups in total. The molecule has 8 heteroatoms. The number of nitrogens with zero attached hydrogens (tertiary/aromatic N) is 1. The van der Waals surface area contributed by atoms with Crippen molar-refractivity contribution in [3.05, 3.63) is 94.1 Å². The lowest BCUT2D eigenvalue weighted by Crippen LogP contribution is -2.29. The summed E-state index contributed by atoms with van der Waals surface area (Å²) in [4.78, 5) is 40.1. The van der Waals surface area contributed by atoms with Crippen molar-refractivity contribution in [2.45, 2.75) is 19.9 Å². The van der Waals surface area contributed by atoms with Crippen LogP contribution in [0.5, 0.6) is 11.5 Å². The minimum atomic E-state index is -0.944. The van der Waals surface area contributed by atoms with Crippen molar-refractivity contribution in [2.75, 3.05) is 26.2 Å². The molecule has 0 spiro atoms. The molecule has 1 unspecified atom stereocenters. The van der Waals surface area contributed by atoms with E-state index < -0.39 is 23.7 Å². The molecule has 1 heterocycles. The van der Waals surface area contributed by atoms with E-state index in [1.54, 1.807) is 62.6 Å². The lowest BCUT2D eigenvalue weighted by molar-refractivity contribution is -0.132. The number of hydrogen-bond donors (Lipinski definition) is 1. The van der Waals surface area contributed by atoms with Crippen LogP contribution in [0.1, 0.15) is 38.7 Å². The van der Waals surface area contributed by atoms with Gasteiger partial charge in [0.25, 0.3) is 11.7 Å². The number of hydrogen-bond acceptors (Lipinski definition) is 7. The Balaban J connectivity index is 1.94. The molecule has 0 radical (unpaired) electrons. The number of rotatable bonds is 6. The normalized spacial score (nSPS) is 16.6. The van der Waals surface area contributed by atoms with Crippen molar-refractivity contribution < 1.29 is 33.7 Å². The number of benzene rings is 3. The molecule has 0 saturated carbocycles. The van der Waals surface area contributed by atoms with Gasteiger partial charge < -0.3 is 19.3 Å². The SMILES string of the molecule is COC(=O)c1ccc(N2C(=O)C(=O)/C(=C(/O)c3cc(C)c(OC)cc3C)C2c2cccc(OC)c2)cc1. The summed E-state index contributed by atoms with van der Waals surface area (Å²) in [6.07, 6.45) is 0. The smallest absolute Gasteiger partial charge is 0.337 e. The van der Waals surface area contributed by atoms with Gasteiger partial charge in [0.1, 0.15) is 17.3 Å². The van der Waals surface area contributed by atoms with Gasteiger partial charge in [-0.25, -0.2) is 4.79 Å². The lowest BCUT2D eigenvalue weighted by atomic mass is 9.93. The van der Waals surface area contributed by atoms with Crippen molar-refractivity contribution in [2.24, 2.45) is 0 Å². The third-order valence-electron chi connectivity index (χ3n) is 6.42. The van der Waals surface area contributed by atoms with Crippen LogP contribution in [0.25, 0.3) is 5.76 Å².